The van der Waals surface area contributed by atoms with Crippen LogP contribution in [0.2, 0.25) is 10.0 Å². The largest absolute Gasteiger partial charge is 0.393 e. The maximum atomic E-state index is 9.14. The molecule has 2 nitrogen and oxygen atoms in total. The highest BCUT2D eigenvalue weighted by molar-refractivity contribution is 6.42. The summed E-state index contributed by atoms with van der Waals surface area (Å²) in [6.45, 7) is 4.77. The Morgan fingerprint density at radius 1 is 1.24 bits per heavy atom. The molecule has 0 radical (unpaired) electrons. The molecule has 0 fully saturated rings. The van der Waals surface area contributed by atoms with Gasteiger partial charge in [0.2, 0.25) is 0 Å². The van der Waals surface area contributed by atoms with Crippen LogP contribution in [0.25, 0.3) is 0 Å². The van der Waals surface area contributed by atoms with Crippen LogP contribution in [0.3, 0.4) is 0 Å². The van der Waals surface area contributed by atoms with Crippen molar-refractivity contribution < 1.29 is 5.11 Å². The number of halogens is 2. The van der Waals surface area contributed by atoms with Gasteiger partial charge in [-0.2, -0.15) is 0 Å². The Labute approximate surface area is 113 Å². The predicted molar refractivity (Wildman–Crippen MR) is 73.8 cm³/mol. The fraction of sp³-hybridized carbons (Fsp3) is 0.538. The summed E-state index contributed by atoms with van der Waals surface area (Å²) >= 11 is 11.8. The van der Waals surface area contributed by atoms with Gasteiger partial charge in [-0.15, -0.1) is 0 Å². The summed E-state index contributed by atoms with van der Waals surface area (Å²) in [5.74, 6) is 0. The van der Waals surface area contributed by atoms with E-state index in [1.165, 1.54) is 0 Å². The minimum Gasteiger partial charge on any atom is -0.393 e. The highest BCUT2D eigenvalue weighted by Crippen LogP contribution is 2.25. The van der Waals surface area contributed by atoms with Crippen LogP contribution in [0, 0.1) is 0 Å². The first-order chi connectivity index (χ1) is 8.00. The van der Waals surface area contributed by atoms with Gasteiger partial charge in [0.05, 0.1) is 16.1 Å². The molecular weight excluding hydrogens is 257 g/mol. The normalized spacial score (nSPS) is 14.6. The molecule has 1 aromatic carbocycles. The van der Waals surface area contributed by atoms with Crippen LogP contribution >= 0.6 is 23.2 Å². The van der Waals surface area contributed by atoms with Gasteiger partial charge in [-0.1, -0.05) is 29.3 Å². The Bertz CT molecular complexity index is 355. The maximum Gasteiger partial charge on any atom is 0.0595 e. The molecule has 0 amide bonds. The first kappa shape index (κ1) is 14.8. The van der Waals surface area contributed by atoms with Gasteiger partial charge in [0.15, 0.2) is 0 Å². The molecule has 2 unspecified atom stereocenters. The van der Waals surface area contributed by atoms with Crippen LogP contribution in [-0.4, -0.2) is 17.8 Å². The molecule has 0 aliphatic carbocycles. The molecule has 96 valence electrons. The number of hydrogen-bond acceptors (Lipinski definition) is 2. The molecule has 17 heavy (non-hydrogen) atoms. The van der Waals surface area contributed by atoms with Crippen molar-refractivity contribution >= 4 is 23.2 Å². The summed E-state index contributed by atoms with van der Waals surface area (Å²) in [5, 5.41) is 13.7. The van der Waals surface area contributed by atoms with Crippen molar-refractivity contribution in [3.63, 3.8) is 0 Å². The van der Waals surface area contributed by atoms with Crippen LogP contribution in [0.4, 0.5) is 0 Å². The van der Waals surface area contributed by atoms with Crippen molar-refractivity contribution in [3.05, 3.63) is 33.8 Å². The van der Waals surface area contributed by atoms with Gasteiger partial charge in [0.1, 0.15) is 0 Å². The fourth-order valence-electron chi connectivity index (χ4n) is 1.62. The van der Waals surface area contributed by atoms with E-state index < -0.39 is 0 Å². The van der Waals surface area contributed by atoms with Gasteiger partial charge in [-0.25, -0.2) is 0 Å². The van der Waals surface area contributed by atoms with E-state index in [0.717, 1.165) is 24.9 Å². The summed E-state index contributed by atoms with van der Waals surface area (Å²) < 4.78 is 0. The van der Waals surface area contributed by atoms with E-state index in [4.69, 9.17) is 28.3 Å². The Balaban J connectivity index is 2.41. The summed E-state index contributed by atoms with van der Waals surface area (Å²) in [6.07, 6.45) is 1.56. The second-order valence-corrected chi connectivity index (χ2v) is 5.16. The third-order valence-corrected chi connectivity index (χ3v) is 3.43. The van der Waals surface area contributed by atoms with Crippen molar-refractivity contribution in [2.75, 3.05) is 6.54 Å². The Hall–Kier alpha value is -0.280. The summed E-state index contributed by atoms with van der Waals surface area (Å²) in [5.41, 5.74) is 1.12. The quantitative estimate of drug-likeness (QED) is 0.774. The van der Waals surface area contributed by atoms with Gasteiger partial charge in [0.25, 0.3) is 0 Å². The van der Waals surface area contributed by atoms with E-state index in [9.17, 15) is 0 Å². The molecule has 0 aliphatic heterocycles. The lowest BCUT2D eigenvalue weighted by Crippen LogP contribution is -2.20. The van der Waals surface area contributed by atoms with E-state index >= 15 is 0 Å². The lowest BCUT2D eigenvalue weighted by molar-refractivity contribution is 0.181. The molecule has 0 aliphatic rings. The van der Waals surface area contributed by atoms with Crippen LogP contribution < -0.4 is 5.32 Å². The molecule has 0 saturated heterocycles. The molecule has 0 spiro atoms. The Kier molecular flexibility index (Phi) is 6.28. The summed E-state index contributed by atoms with van der Waals surface area (Å²) in [7, 11) is 0. The molecule has 0 aromatic heterocycles. The molecule has 0 saturated carbocycles. The zero-order valence-corrected chi connectivity index (χ0v) is 11.7. The molecule has 2 atom stereocenters. The van der Waals surface area contributed by atoms with Crippen molar-refractivity contribution in [1.82, 2.24) is 5.32 Å². The minimum absolute atomic E-state index is 0.225. The maximum absolute atomic E-state index is 9.14. The molecule has 0 bridgehead atoms. The average molecular weight is 276 g/mol. The van der Waals surface area contributed by atoms with Crippen LogP contribution in [0.1, 0.15) is 38.3 Å². The monoisotopic (exact) mass is 275 g/mol. The van der Waals surface area contributed by atoms with Crippen LogP contribution in [0.5, 0.6) is 0 Å². The van der Waals surface area contributed by atoms with Gasteiger partial charge in [-0.3, -0.25) is 0 Å². The standard InChI is InChI=1S/C13H19Cl2NO/c1-9(17)4-3-7-16-10(2)11-5-6-12(14)13(15)8-11/h5-6,8-10,16-17H,3-4,7H2,1-2H3. The number of benzene rings is 1. The summed E-state index contributed by atoms with van der Waals surface area (Å²) in [6, 6.07) is 5.91. The highest BCUT2D eigenvalue weighted by Gasteiger charge is 2.07. The first-order valence-electron chi connectivity index (χ1n) is 5.87. The predicted octanol–water partition coefficient (Wildman–Crippen LogP) is 3.81. The first-order valence-corrected chi connectivity index (χ1v) is 6.62. The number of aliphatic hydroxyl groups is 1. The molecule has 0 heterocycles. The third kappa shape index (κ3) is 5.26. The topological polar surface area (TPSA) is 32.3 Å². The smallest absolute Gasteiger partial charge is 0.0595 e. The Morgan fingerprint density at radius 2 is 1.94 bits per heavy atom. The molecule has 4 heteroatoms. The number of nitrogens with one attached hydrogen (secondary N) is 1. The number of aliphatic hydroxyl groups excluding tert-OH is 1. The van der Waals surface area contributed by atoms with E-state index in [1.54, 1.807) is 0 Å². The van der Waals surface area contributed by atoms with Gasteiger partial charge in [-0.05, 0) is 50.9 Å². The SMILES string of the molecule is CC(O)CCCNC(C)c1ccc(Cl)c(Cl)c1. The van der Waals surface area contributed by atoms with Crippen molar-refractivity contribution in [1.29, 1.82) is 0 Å². The minimum atomic E-state index is -0.225. The number of rotatable bonds is 6. The van der Waals surface area contributed by atoms with E-state index in [1.807, 2.05) is 25.1 Å². The molecule has 2 N–H and O–H groups in total. The zero-order valence-electron chi connectivity index (χ0n) is 10.2. The average Bonchev–Trinajstić information content (AvgIpc) is 2.27. The van der Waals surface area contributed by atoms with Crippen molar-refractivity contribution in [2.24, 2.45) is 0 Å². The van der Waals surface area contributed by atoms with Gasteiger partial charge >= 0.3 is 0 Å². The number of hydrogen-bond donors (Lipinski definition) is 2. The van der Waals surface area contributed by atoms with Crippen molar-refractivity contribution in [3.8, 4) is 0 Å². The molecule has 1 aromatic rings. The van der Waals surface area contributed by atoms with Crippen molar-refractivity contribution in [2.45, 2.75) is 38.8 Å². The van der Waals surface area contributed by atoms with E-state index in [0.29, 0.717) is 10.0 Å². The highest BCUT2D eigenvalue weighted by atomic mass is 35.5. The van der Waals surface area contributed by atoms with Crippen LogP contribution in [0.15, 0.2) is 18.2 Å². The third-order valence-electron chi connectivity index (χ3n) is 2.69. The van der Waals surface area contributed by atoms with Crippen LogP contribution in [-0.2, 0) is 0 Å². The molecule has 1 rings (SSSR count). The second-order valence-electron chi connectivity index (χ2n) is 4.34. The molecular formula is C13H19Cl2NO. The zero-order chi connectivity index (χ0) is 12.8. The van der Waals surface area contributed by atoms with Gasteiger partial charge < -0.3 is 10.4 Å². The van der Waals surface area contributed by atoms with E-state index in [2.05, 4.69) is 12.2 Å². The van der Waals surface area contributed by atoms with E-state index in [-0.39, 0.29) is 12.1 Å². The van der Waals surface area contributed by atoms with Gasteiger partial charge in [0, 0.05) is 6.04 Å². The summed E-state index contributed by atoms with van der Waals surface area (Å²) in [4.78, 5) is 0. The fourth-order valence-corrected chi connectivity index (χ4v) is 1.92. The Morgan fingerprint density at radius 3 is 2.53 bits per heavy atom. The lowest BCUT2D eigenvalue weighted by atomic mass is 10.1. The second kappa shape index (κ2) is 7.22. The lowest BCUT2D eigenvalue weighted by Gasteiger charge is -2.15.